The van der Waals surface area contributed by atoms with Gasteiger partial charge >= 0.3 is 11.9 Å². The second kappa shape index (κ2) is 11.4. The summed E-state index contributed by atoms with van der Waals surface area (Å²) in [5, 5.41) is 0. The third-order valence-electron chi connectivity index (χ3n) is 13.1. The van der Waals surface area contributed by atoms with Crippen LogP contribution in [0.25, 0.3) is 0 Å². The molecule has 8 heteroatoms. The fourth-order valence-corrected chi connectivity index (χ4v) is 11.2. The minimum atomic E-state index is -0.143. The lowest BCUT2D eigenvalue weighted by Crippen LogP contribution is -3.00. The number of quaternary nitrogens is 1. The molecule has 6 rings (SSSR count). The summed E-state index contributed by atoms with van der Waals surface area (Å²) in [6.07, 6.45) is 10.8. The van der Waals surface area contributed by atoms with Gasteiger partial charge in [-0.3, -0.25) is 14.5 Å². The summed E-state index contributed by atoms with van der Waals surface area (Å²) < 4.78 is 19.1. The number of fused-ring (bicyclic) bond motifs is 5. The van der Waals surface area contributed by atoms with Gasteiger partial charge in [0.25, 0.3) is 0 Å². The number of likely N-dealkylation sites (N-methyl/N-ethyl adjacent to an activating group) is 1. The highest BCUT2D eigenvalue weighted by molar-refractivity contribution is 5.66. The number of morpholine rings is 1. The second-order valence-electron chi connectivity index (χ2n) is 15.0. The van der Waals surface area contributed by atoms with Gasteiger partial charge in [0.15, 0.2) is 6.10 Å². The Morgan fingerprint density at radius 1 is 0.900 bits per heavy atom. The molecule has 4 aliphatic carbocycles. The predicted molar refractivity (Wildman–Crippen MR) is 149 cm³/mol. The van der Waals surface area contributed by atoms with Crippen LogP contribution < -0.4 is 17.0 Å². The van der Waals surface area contributed by atoms with Gasteiger partial charge in [-0.1, -0.05) is 13.8 Å². The molecule has 4 saturated carbocycles. The van der Waals surface area contributed by atoms with E-state index in [1.165, 1.54) is 51.6 Å². The van der Waals surface area contributed by atoms with Crippen LogP contribution in [0.2, 0.25) is 0 Å². The van der Waals surface area contributed by atoms with Crippen molar-refractivity contribution >= 4 is 11.9 Å². The van der Waals surface area contributed by atoms with Crippen molar-refractivity contribution in [2.45, 2.75) is 110 Å². The van der Waals surface area contributed by atoms with Crippen molar-refractivity contribution in [3.05, 3.63) is 0 Å². The highest BCUT2D eigenvalue weighted by Crippen LogP contribution is 2.67. The molecule has 0 spiro atoms. The molecule has 2 heterocycles. The Labute approximate surface area is 252 Å². The Bertz CT molecular complexity index is 952. The molecule has 40 heavy (non-hydrogen) atoms. The Balaban J connectivity index is 0.00000323. The van der Waals surface area contributed by atoms with Crippen LogP contribution in [0.4, 0.5) is 0 Å². The maximum Gasteiger partial charge on any atom is 0.303 e. The molecule has 2 aliphatic heterocycles. The zero-order chi connectivity index (χ0) is 27.6. The summed E-state index contributed by atoms with van der Waals surface area (Å²) in [6, 6.07) is 0.710. The van der Waals surface area contributed by atoms with Gasteiger partial charge in [0.1, 0.15) is 12.1 Å². The van der Waals surface area contributed by atoms with Crippen LogP contribution in [0.5, 0.6) is 0 Å². The molecule has 0 aromatic rings. The van der Waals surface area contributed by atoms with Crippen LogP contribution in [0, 0.1) is 34.5 Å². The van der Waals surface area contributed by atoms with Gasteiger partial charge in [0, 0.05) is 57.7 Å². The fourth-order valence-electron chi connectivity index (χ4n) is 11.2. The number of halogens is 1. The molecule has 0 aromatic heterocycles. The lowest BCUT2D eigenvalue weighted by molar-refractivity contribution is -0.924. The van der Waals surface area contributed by atoms with E-state index in [4.69, 9.17) is 14.2 Å². The maximum absolute atomic E-state index is 12.4. The Morgan fingerprint density at radius 2 is 1.57 bits per heavy atom. The summed E-state index contributed by atoms with van der Waals surface area (Å²) in [4.78, 5) is 27.1. The second-order valence-corrected chi connectivity index (χ2v) is 15.0. The lowest BCUT2D eigenvalue weighted by Gasteiger charge is -2.62. The van der Waals surface area contributed by atoms with Crippen LogP contribution in [-0.2, 0) is 23.8 Å². The monoisotopic (exact) mass is 624 g/mol. The number of esters is 2. The van der Waals surface area contributed by atoms with Gasteiger partial charge in [-0.05, 0) is 67.6 Å². The number of carbonyl (C=O) groups is 2. The first-order valence-corrected chi connectivity index (χ1v) is 16.1. The topological polar surface area (TPSA) is 65.1 Å². The van der Waals surface area contributed by atoms with Crippen LogP contribution in [0.3, 0.4) is 0 Å². The van der Waals surface area contributed by atoms with Crippen molar-refractivity contribution < 1.29 is 45.3 Å². The Kier molecular flexibility index (Phi) is 8.78. The number of hydrogen-bond acceptors (Lipinski definition) is 6. The third kappa shape index (κ3) is 5.09. The average Bonchev–Trinajstić information content (AvgIpc) is 3.46. The average molecular weight is 626 g/mol. The van der Waals surface area contributed by atoms with Gasteiger partial charge in [0.05, 0.1) is 33.4 Å². The maximum atomic E-state index is 12.4. The van der Waals surface area contributed by atoms with E-state index in [1.807, 2.05) is 0 Å². The van der Waals surface area contributed by atoms with Crippen LogP contribution in [0.1, 0.15) is 85.5 Å². The number of carbonyl (C=O) groups excluding carboxylic acids is 2. The third-order valence-corrected chi connectivity index (χ3v) is 13.1. The number of rotatable bonds is 4. The predicted octanol–water partition coefficient (Wildman–Crippen LogP) is 1.43. The molecule has 0 aromatic carbocycles. The highest BCUT2D eigenvalue weighted by atomic mass is 79.9. The van der Waals surface area contributed by atoms with Gasteiger partial charge in [-0.25, -0.2) is 0 Å². The standard InChI is InChI=1S/C32H53N2O5.BrH/c1-21(35)38-29-18-23-8-9-24-25(32(23,4)20-27(29)33-12-16-37-17-13-33)10-11-31(3)26(24)19-28(30(31)39-22(2)36)34(5)14-6-7-15-34;/h23-30H,6-20H2,1-5H3;1H/q+1;/p-1/t23-,24+,25-,26-,27-,28-,29-,30-,31-,32-;/m0./s1. The summed E-state index contributed by atoms with van der Waals surface area (Å²) in [6.45, 7) is 14.1. The molecule has 0 radical (unpaired) electrons. The van der Waals surface area contributed by atoms with E-state index >= 15 is 0 Å². The van der Waals surface area contributed by atoms with Gasteiger partial charge in [0.2, 0.25) is 0 Å². The molecule has 0 N–H and O–H groups in total. The zero-order valence-corrected chi connectivity index (χ0v) is 27.1. The quantitative estimate of drug-likeness (QED) is 0.348. The summed E-state index contributed by atoms with van der Waals surface area (Å²) in [7, 11) is 2.44. The summed E-state index contributed by atoms with van der Waals surface area (Å²) in [5.74, 6) is 2.36. The van der Waals surface area contributed by atoms with Crippen LogP contribution >= 0.6 is 0 Å². The molecule has 0 bridgehead atoms. The van der Waals surface area contributed by atoms with Crippen molar-refractivity contribution in [2.75, 3.05) is 46.4 Å². The number of hydrogen-bond donors (Lipinski definition) is 0. The van der Waals surface area contributed by atoms with E-state index in [1.54, 1.807) is 13.8 Å². The minimum Gasteiger partial charge on any atom is -1.00 e. The van der Waals surface area contributed by atoms with Crippen molar-refractivity contribution in [2.24, 2.45) is 34.5 Å². The molecular formula is C32H53BrN2O5. The van der Waals surface area contributed by atoms with E-state index in [0.29, 0.717) is 29.7 Å². The van der Waals surface area contributed by atoms with Gasteiger partial charge < -0.3 is 35.7 Å². The smallest absolute Gasteiger partial charge is 0.303 e. The summed E-state index contributed by atoms with van der Waals surface area (Å²) >= 11 is 0. The van der Waals surface area contributed by atoms with E-state index in [-0.39, 0.29) is 58.0 Å². The van der Waals surface area contributed by atoms with Crippen molar-refractivity contribution in [1.29, 1.82) is 0 Å². The first kappa shape index (κ1) is 30.7. The molecule has 228 valence electrons. The van der Waals surface area contributed by atoms with Crippen molar-refractivity contribution in [1.82, 2.24) is 4.90 Å². The molecule has 0 unspecified atom stereocenters. The molecule has 7 nitrogen and oxygen atoms in total. The van der Waals surface area contributed by atoms with Crippen molar-refractivity contribution in [3.63, 3.8) is 0 Å². The van der Waals surface area contributed by atoms with E-state index in [2.05, 4.69) is 25.8 Å². The number of nitrogens with zero attached hydrogens (tertiary/aromatic N) is 2. The van der Waals surface area contributed by atoms with Crippen molar-refractivity contribution in [3.8, 4) is 0 Å². The van der Waals surface area contributed by atoms with E-state index in [0.717, 1.165) is 50.0 Å². The lowest BCUT2D eigenvalue weighted by atomic mass is 9.44. The fraction of sp³-hybridized carbons (Fsp3) is 0.938. The van der Waals surface area contributed by atoms with E-state index in [9.17, 15) is 9.59 Å². The first-order chi connectivity index (χ1) is 18.5. The molecular weight excluding hydrogens is 572 g/mol. The molecule has 0 amide bonds. The largest absolute Gasteiger partial charge is 1.00 e. The van der Waals surface area contributed by atoms with Gasteiger partial charge in [-0.15, -0.1) is 0 Å². The van der Waals surface area contributed by atoms with E-state index < -0.39 is 0 Å². The molecule has 6 aliphatic rings. The molecule has 10 atom stereocenters. The number of likely N-dealkylation sites (tertiary alicyclic amines) is 1. The zero-order valence-electron chi connectivity index (χ0n) is 25.5. The molecule has 2 saturated heterocycles. The SMILES string of the molecule is CC(=O)O[C@H]1C[C@@H]2CC[C@@H]3[C@H](CC[C@@]4(C)[C@H]3C[C@H]([N+]3(C)CCCC3)[C@@H]4OC(C)=O)[C@@]2(C)C[C@@H]1N1CCOCC1.[Br-]. The Hall–Kier alpha value is -0.700. The minimum absolute atomic E-state index is 0. The first-order valence-electron chi connectivity index (χ1n) is 16.1. The van der Waals surface area contributed by atoms with Gasteiger partial charge in [-0.2, -0.15) is 0 Å². The van der Waals surface area contributed by atoms with Crippen LogP contribution in [-0.4, -0.2) is 92.1 Å². The van der Waals surface area contributed by atoms with Crippen LogP contribution in [0.15, 0.2) is 0 Å². The Morgan fingerprint density at radius 3 is 2.23 bits per heavy atom. The number of ether oxygens (including phenoxy) is 3. The summed E-state index contributed by atoms with van der Waals surface area (Å²) in [5.41, 5.74) is 0.327. The highest BCUT2D eigenvalue weighted by Gasteiger charge is 2.67. The normalized spacial score (nSPS) is 46.3. The molecule has 6 fully saturated rings.